The van der Waals surface area contributed by atoms with E-state index in [0.717, 1.165) is 28.6 Å². The lowest BCUT2D eigenvalue weighted by molar-refractivity contribution is 0.721. The fourth-order valence-electron chi connectivity index (χ4n) is 1.96. The Labute approximate surface area is 101 Å². The molecule has 0 spiro atoms. The molecule has 2 N–H and O–H groups in total. The van der Waals surface area contributed by atoms with Crippen LogP contribution < -0.4 is 10.9 Å². The van der Waals surface area contributed by atoms with Crippen molar-refractivity contribution in [1.29, 1.82) is 0 Å². The summed E-state index contributed by atoms with van der Waals surface area (Å²) in [5.74, 6) is 0. The number of aromatic amines is 1. The van der Waals surface area contributed by atoms with Gasteiger partial charge in [0.2, 0.25) is 0 Å². The maximum absolute atomic E-state index is 11.9. The Balaban J connectivity index is 2.58. The summed E-state index contributed by atoms with van der Waals surface area (Å²) in [6.07, 6.45) is 0. The second-order valence-electron chi connectivity index (χ2n) is 4.38. The molecule has 1 aromatic carbocycles. The van der Waals surface area contributed by atoms with Gasteiger partial charge in [0.05, 0.1) is 5.52 Å². The zero-order chi connectivity index (χ0) is 12.4. The number of pyridine rings is 1. The van der Waals surface area contributed by atoms with E-state index in [2.05, 4.69) is 29.4 Å². The number of hydrogen-bond acceptors (Lipinski definition) is 2. The molecular weight excluding hydrogens is 212 g/mol. The molecule has 0 fully saturated rings. The summed E-state index contributed by atoms with van der Waals surface area (Å²) in [6, 6.07) is 6.12. The van der Waals surface area contributed by atoms with E-state index >= 15 is 0 Å². The van der Waals surface area contributed by atoms with Crippen LogP contribution in [0.2, 0.25) is 0 Å². The van der Waals surface area contributed by atoms with Crippen molar-refractivity contribution in [2.45, 2.75) is 27.3 Å². The number of H-pyrrole nitrogens is 1. The van der Waals surface area contributed by atoms with Gasteiger partial charge in [-0.15, -0.1) is 0 Å². The van der Waals surface area contributed by atoms with Crippen molar-refractivity contribution in [1.82, 2.24) is 10.3 Å². The predicted molar refractivity (Wildman–Crippen MR) is 71.4 cm³/mol. The first-order valence-electron chi connectivity index (χ1n) is 5.96. The minimum Gasteiger partial charge on any atom is -0.321 e. The van der Waals surface area contributed by atoms with E-state index in [1.807, 2.05) is 19.9 Å². The van der Waals surface area contributed by atoms with Crippen LogP contribution in [0.1, 0.15) is 23.6 Å². The highest BCUT2D eigenvalue weighted by atomic mass is 16.1. The van der Waals surface area contributed by atoms with Crippen LogP contribution >= 0.6 is 0 Å². The van der Waals surface area contributed by atoms with Crippen LogP contribution in [-0.2, 0) is 6.54 Å². The largest absolute Gasteiger partial charge is 0.321 e. The van der Waals surface area contributed by atoms with Crippen LogP contribution in [0.5, 0.6) is 0 Å². The molecule has 3 heteroatoms. The summed E-state index contributed by atoms with van der Waals surface area (Å²) >= 11 is 0. The monoisotopic (exact) mass is 230 g/mol. The highest BCUT2D eigenvalue weighted by Crippen LogP contribution is 2.18. The molecule has 0 saturated heterocycles. The minimum atomic E-state index is 0.00662. The summed E-state index contributed by atoms with van der Waals surface area (Å²) in [7, 11) is 0. The Morgan fingerprint density at radius 3 is 2.76 bits per heavy atom. The van der Waals surface area contributed by atoms with Gasteiger partial charge < -0.3 is 10.3 Å². The number of aromatic nitrogens is 1. The van der Waals surface area contributed by atoms with E-state index in [0.29, 0.717) is 6.54 Å². The second-order valence-corrected chi connectivity index (χ2v) is 4.38. The quantitative estimate of drug-likeness (QED) is 0.849. The molecule has 2 rings (SSSR count). The SMILES string of the molecule is CCNCc1cc2ccc(C)c(C)c2[nH]c1=O. The first-order chi connectivity index (χ1) is 8.13. The van der Waals surface area contributed by atoms with Crippen LogP contribution in [0.25, 0.3) is 10.9 Å². The van der Waals surface area contributed by atoms with Gasteiger partial charge in [-0.05, 0) is 43.0 Å². The first-order valence-corrected chi connectivity index (χ1v) is 5.96. The van der Waals surface area contributed by atoms with Crippen molar-refractivity contribution in [2.75, 3.05) is 6.54 Å². The Kier molecular flexibility index (Phi) is 3.29. The molecule has 0 bridgehead atoms. The Bertz CT molecular complexity index is 599. The van der Waals surface area contributed by atoms with Gasteiger partial charge in [0.15, 0.2) is 0 Å². The van der Waals surface area contributed by atoms with Crippen molar-refractivity contribution in [3.05, 3.63) is 45.2 Å². The van der Waals surface area contributed by atoms with Gasteiger partial charge in [-0.2, -0.15) is 0 Å². The molecule has 2 aromatic rings. The smallest absolute Gasteiger partial charge is 0.252 e. The highest BCUT2D eigenvalue weighted by Gasteiger charge is 2.05. The zero-order valence-electron chi connectivity index (χ0n) is 10.6. The molecule has 3 nitrogen and oxygen atoms in total. The predicted octanol–water partition coefficient (Wildman–Crippen LogP) is 2.25. The van der Waals surface area contributed by atoms with E-state index in [4.69, 9.17) is 0 Å². The van der Waals surface area contributed by atoms with E-state index in [9.17, 15) is 4.79 Å². The molecule has 0 aliphatic heterocycles. The summed E-state index contributed by atoms with van der Waals surface area (Å²) in [5, 5.41) is 4.27. The Morgan fingerprint density at radius 1 is 1.29 bits per heavy atom. The van der Waals surface area contributed by atoms with E-state index in [1.165, 1.54) is 5.56 Å². The van der Waals surface area contributed by atoms with Crippen molar-refractivity contribution < 1.29 is 0 Å². The Hall–Kier alpha value is -1.61. The van der Waals surface area contributed by atoms with E-state index in [1.54, 1.807) is 0 Å². The van der Waals surface area contributed by atoms with Gasteiger partial charge in [0.25, 0.3) is 5.56 Å². The maximum atomic E-state index is 11.9. The average Bonchev–Trinajstić information content (AvgIpc) is 2.32. The summed E-state index contributed by atoms with van der Waals surface area (Å²) < 4.78 is 0. The van der Waals surface area contributed by atoms with Crippen molar-refractivity contribution in [3.8, 4) is 0 Å². The van der Waals surface area contributed by atoms with E-state index < -0.39 is 0 Å². The molecule has 1 heterocycles. The summed E-state index contributed by atoms with van der Waals surface area (Å²) in [5.41, 5.74) is 4.10. The number of aryl methyl sites for hydroxylation is 2. The third-order valence-corrected chi connectivity index (χ3v) is 3.19. The van der Waals surface area contributed by atoms with Crippen LogP contribution in [0, 0.1) is 13.8 Å². The van der Waals surface area contributed by atoms with Gasteiger partial charge in [-0.1, -0.05) is 19.1 Å². The molecule has 17 heavy (non-hydrogen) atoms. The lowest BCUT2D eigenvalue weighted by Crippen LogP contribution is -2.20. The molecule has 0 radical (unpaired) electrons. The minimum absolute atomic E-state index is 0.00662. The molecule has 0 unspecified atom stereocenters. The molecule has 0 aliphatic rings. The molecule has 1 aromatic heterocycles. The number of fused-ring (bicyclic) bond motifs is 1. The van der Waals surface area contributed by atoms with E-state index in [-0.39, 0.29) is 5.56 Å². The van der Waals surface area contributed by atoms with Crippen molar-refractivity contribution in [2.24, 2.45) is 0 Å². The standard InChI is InChI=1S/C14H18N2O/c1-4-15-8-12-7-11-6-5-9(2)10(3)13(11)16-14(12)17/h5-7,15H,4,8H2,1-3H3,(H,16,17). The Morgan fingerprint density at radius 2 is 2.06 bits per heavy atom. The molecule has 0 aliphatic carbocycles. The van der Waals surface area contributed by atoms with Gasteiger partial charge in [0, 0.05) is 12.1 Å². The third-order valence-electron chi connectivity index (χ3n) is 3.19. The lowest BCUT2D eigenvalue weighted by atomic mass is 10.0. The third kappa shape index (κ3) is 2.24. The van der Waals surface area contributed by atoms with Gasteiger partial charge >= 0.3 is 0 Å². The van der Waals surface area contributed by atoms with Gasteiger partial charge in [-0.3, -0.25) is 4.79 Å². The van der Waals surface area contributed by atoms with Crippen LogP contribution in [0.15, 0.2) is 23.0 Å². The second kappa shape index (κ2) is 4.72. The fourth-order valence-corrected chi connectivity index (χ4v) is 1.96. The van der Waals surface area contributed by atoms with Gasteiger partial charge in [-0.25, -0.2) is 0 Å². The highest BCUT2D eigenvalue weighted by molar-refractivity contribution is 5.83. The number of rotatable bonds is 3. The lowest BCUT2D eigenvalue weighted by Gasteiger charge is -2.08. The molecule has 90 valence electrons. The molecular formula is C14H18N2O. The number of hydrogen-bond donors (Lipinski definition) is 2. The topological polar surface area (TPSA) is 44.9 Å². The number of nitrogens with one attached hydrogen (secondary N) is 2. The van der Waals surface area contributed by atoms with Crippen LogP contribution in [0.3, 0.4) is 0 Å². The van der Waals surface area contributed by atoms with Crippen molar-refractivity contribution >= 4 is 10.9 Å². The normalized spacial score (nSPS) is 11.0. The zero-order valence-corrected chi connectivity index (χ0v) is 10.6. The molecule has 0 atom stereocenters. The maximum Gasteiger partial charge on any atom is 0.252 e. The van der Waals surface area contributed by atoms with Gasteiger partial charge in [0.1, 0.15) is 0 Å². The molecule has 0 saturated carbocycles. The average molecular weight is 230 g/mol. The fraction of sp³-hybridized carbons (Fsp3) is 0.357. The summed E-state index contributed by atoms with van der Waals surface area (Å²) in [4.78, 5) is 14.9. The van der Waals surface area contributed by atoms with Crippen molar-refractivity contribution in [3.63, 3.8) is 0 Å². The first kappa shape index (κ1) is 11.9. The molecule has 0 amide bonds. The van der Waals surface area contributed by atoms with Crippen LogP contribution in [0.4, 0.5) is 0 Å². The van der Waals surface area contributed by atoms with Crippen LogP contribution in [-0.4, -0.2) is 11.5 Å². The number of benzene rings is 1. The summed E-state index contributed by atoms with van der Waals surface area (Å²) in [6.45, 7) is 7.61.